The Morgan fingerprint density at radius 2 is 1.52 bits per heavy atom. The molecule has 3 rings (SSSR count). The van der Waals surface area contributed by atoms with E-state index in [9.17, 15) is 4.79 Å². The predicted molar refractivity (Wildman–Crippen MR) is 93.0 cm³/mol. The highest BCUT2D eigenvalue weighted by Gasteiger charge is 2.17. The normalized spacial score (nSPS) is 15.1. The number of carbonyl (C=O) groups excluding carboxylic acids is 1. The summed E-state index contributed by atoms with van der Waals surface area (Å²) in [4.78, 5) is 12.1. The zero-order chi connectivity index (χ0) is 15.9. The molecular weight excluding hydrogens is 288 g/mol. The monoisotopic (exact) mass is 310 g/mol. The fraction of sp³-hybridized carbons (Fsp3) is 0.316. The molecule has 120 valence electrons. The Morgan fingerprint density at radius 3 is 2.22 bits per heavy atom. The van der Waals surface area contributed by atoms with Crippen molar-refractivity contribution in [1.82, 2.24) is 0 Å². The Labute approximate surface area is 136 Å². The molecule has 0 unspecified atom stereocenters. The van der Waals surface area contributed by atoms with E-state index in [2.05, 4.69) is 10.6 Å². The van der Waals surface area contributed by atoms with E-state index in [4.69, 9.17) is 4.74 Å². The van der Waals surface area contributed by atoms with Crippen LogP contribution in [0, 0.1) is 5.92 Å². The number of para-hydroxylation sites is 1. The first-order valence-corrected chi connectivity index (χ1v) is 8.09. The molecule has 2 N–H and O–H groups in total. The highest BCUT2D eigenvalue weighted by atomic mass is 16.5. The third-order valence-corrected chi connectivity index (χ3v) is 4.05. The molecule has 0 aliphatic carbocycles. The number of hydrogen-bond donors (Lipinski definition) is 2. The molecule has 1 aliphatic rings. The maximum absolute atomic E-state index is 12.1. The first kappa shape index (κ1) is 15.6. The van der Waals surface area contributed by atoms with Gasteiger partial charge in [-0.15, -0.1) is 0 Å². The van der Waals surface area contributed by atoms with Crippen molar-refractivity contribution in [2.24, 2.45) is 5.92 Å². The molecule has 0 atom stereocenters. The van der Waals surface area contributed by atoms with Gasteiger partial charge in [0.15, 0.2) is 0 Å². The quantitative estimate of drug-likeness (QED) is 0.871. The maximum atomic E-state index is 12.1. The molecule has 2 aromatic rings. The van der Waals surface area contributed by atoms with Crippen molar-refractivity contribution in [2.45, 2.75) is 19.3 Å². The molecule has 0 spiro atoms. The summed E-state index contributed by atoms with van der Waals surface area (Å²) in [5.74, 6) is 0.531. The molecule has 1 aliphatic heterocycles. The second-order valence-corrected chi connectivity index (χ2v) is 5.88. The molecule has 2 aromatic carbocycles. The molecule has 1 heterocycles. The van der Waals surface area contributed by atoms with Crippen molar-refractivity contribution in [3.05, 3.63) is 54.6 Å². The Morgan fingerprint density at radius 1 is 0.913 bits per heavy atom. The minimum atomic E-state index is 0.0840. The summed E-state index contributed by atoms with van der Waals surface area (Å²) in [6.45, 7) is 1.55. The summed E-state index contributed by atoms with van der Waals surface area (Å²) in [6.07, 6.45) is 2.54. The van der Waals surface area contributed by atoms with Gasteiger partial charge in [0.05, 0.1) is 0 Å². The molecular formula is C19H22N2O2. The average molecular weight is 310 g/mol. The summed E-state index contributed by atoms with van der Waals surface area (Å²) in [6, 6.07) is 17.8. The molecule has 1 fully saturated rings. The van der Waals surface area contributed by atoms with Crippen LogP contribution in [0.25, 0.3) is 0 Å². The lowest BCUT2D eigenvalue weighted by atomic mass is 9.96. The van der Waals surface area contributed by atoms with Gasteiger partial charge in [-0.25, -0.2) is 0 Å². The highest BCUT2D eigenvalue weighted by molar-refractivity contribution is 5.91. The number of rotatable bonds is 5. The van der Waals surface area contributed by atoms with Crippen molar-refractivity contribution in [3.63, 3.8) is 0 Å². The third kappa shape index (κ3) is 4.83. The number of hydrogen-bond acceptors (Lipinski definition) is 3. The van der Waals surface area contributed by atoms with Crippen molar-refractivity contribution < 1.29 is 9.53 Å². The number of anilines is 3. The van der Waals surface area contributed by atoms with Gasteiger partial charge >= 0.3 is 0 Å². The highest BCUT2D eigenvalue weighted by Crippen LogP contribution is 2.21. The molecule has 1 saturated heterocycles. The van der Waals surface area contributed by atoms with Crippen molar-refractivity contribution in [3.8, 4) is 0 Å². The number of benzene rings is 2. The van der Waals surface area contributed by atoms with Gasteiger partial charge in [-0.2, -0.15) is 0 Å². The zero-order valence-electron chi connectivity index (χ0n) is 13.1. The number of amides is 1. The largest absolute Gasteiger partial charge is 0.381 e. The van der Waals surface area contributed by atoms with Crippen LogP contribution >= 0.6 is 0 Å². The van der Waals surface area contributed by atoms with Crippen molar-refractivity contribution in [2.75, 3.05) is 23.8 Å². The molecule has 0 radical (unpaired) electrons. The summed E-state index contributed by atoms with van der Waals surface area (Å²) >= 11 is 0. The Hall–Kier alpha value is -2.33. The van der Waals surface area contributed by atoms with Crippen LogP contribution < -0.4 is 10.6 Å². The second-order valence-electron chi connectivity index (χ2n) is 5.88. The second kappa shape index (κ2) is 7.79. The minimum Gasteiger partial charge on any atom is -0.381 e. The van der Waals surface area contributed by atoms with Crippen molar-refractivity contribution >= 4 is 23.0 Å². The van der Waals surface area contributed by atoms with Crippen LogP contribution in [-0.2, 0) is 9.53 Å². The number of carbonyl (C=O) groups is 1. The number of ether oxygens (including phenoxy) is 1. The van der Waals surface area contributed by atoms with Gasteiger partial charge in [0.25, 0.3) is 0 Å². The van der Waals surface area contributed by atoms with Crippen molar-refractivity contribution in [1.29, 1.82) is 0 Å². The topological polar surface area (TPSA) is 50.4 Å². The van der Waals surface area contributed by atoms with Gasteiger partial charge in [-0.05, 0) is 55.2 Å². The Kier molecular flexibility index (Phi) is 5.27. The van der Waals surface area contributed by atoms with Crippen LogP contribution in [0.3, 0.4) is 0 Å². The van der Waals surface area contributed by atoms with Gasteiger partial charge in [0, 0.05) is 36.7 Å². The minimum absolute atomic E-state index is 0.0840. The van der Waals surface area contributed by atoms with E-state index in [1.165, 1.54) is 0 Å². The van der Waals surface area contributed by atoms with Gasteiger partial charge in [-0.1, -0.05) is 18.2 Å². The molecule has 4 nitrogen and oxygen atoms in total. The van der Waals surface area contributed by atoms with Gasteiger partial charge in [0.1, 0.15) is 0 Å². The van der Waals surface area contributed by atoms with Crippen LogP contribution in [0.15, 0.2) is 54.6 Å². The summed E-state index contributed by atoms with van der Waals surface area (Å²) < 4.78 is 5.32. The Balaban J connectivity index is 1.51. The Bertz CT molecular complexity index is 620. The van der Waals surface area contributed by atoms with E-state index in [0.29, 0.717) is 12.3 Å². The summed E-state index contributed by atoms with van der Waals surface area (Å²) in [5.41, 5.74) is 2.88. The van der Waals surface area contributed by atoms with E-state index in [1.807, 2.05) is 54.6 Å². The third-order valence-electron chi connectivity index (χ3n) is 4.05. The number of nitrogens with one attached hydrogen (secondary N) is 2. The average Bonchev–Trinajstić information content (AvgIpc) is 2.58. The molecule has 1 amide bonds. The lowest BCUT2D eigenvalue weighted by Crippen LogP contribution is -2.22. The van der Waals surface area contributed by atoms with Crippen LogP contribution in [-0.4, -0.2) is 19.1 Å². The maximum Gasteiger partial charge on any atom is 0.224 e. The molecule has 0 bridgehead atoms. The fourth-order valence-corrected chi connectivity index (χ4v) is 2.75. The first-order valence-electron chi connectivity index (χ1n) is 8.09. The zero-order valence-corrected chi connectivity index (χ0v) is 13.1. The standard InChI is InChI=1S/C19H22N2O2/c22-19(14-15-10-12-23-13-11-15)21-18-8-6-17(7-9-18)20-16-4-2-1-3-5-16/h1-9,15,20H,10-14H2,(H,21,22). The van der Waals surface area contributed by atoms with E-state index < -0.39 is 0 Å². The van der Waals surface area contributed by atoms with Gasteiger partial charge in [0.2, 0.25) is 5.91 Å². The summed E-state index contributed by atoms with van der Waals surface area (Å²) in [7, 11) is 0. The lowest BCUT2D eigenvalue weighted by Gasteiger charge is -2.21. The van der Waals surface area contributed by atoms with E-state index in [0.717, 1.165) is 43.1 Å². The molecule has 0 saturated carbocycles. The smallest absolute Gasteiger partial charge is 0.224 e. The molecule has 23 heavy (non-hydrogen) atoms. The van der Waals surface area contributed by atoms with Gasteiger partial charge < -0.3 is 15.4 Å². The predicted octanol–water partition coefficient (Wildman–Crippen LogP) is 4.19. The molecule has 4 heteroatoms. The lowest BCUT2D eigenvalue weighted by molar-refractivity contribution is -0.117. The van der Waals surface area contributed by atoms with Crippen LogP contribution in [0.4, 0.5) is 17.1 Å². The fourth-order valence-electron chi connectivity index (χ4n) is 2.75. The summed E-state index contributed by atoms with van der Waals surface area (Å²) in [5, 5.41) is 6.30. The van der Waals surface area contributed by atoms with E-state index in [-0.39, 0.29) is 5.91 Å². The van der Waals surface area contributed by atoms with Crippen LogP contribution in [0.1, 0.15) is 19.3 Å². The SMILES string of the molecule is O=C(CC1CCOCC1)Nc1ccc(Nc2ccccc2)cc1. The molecule has 0 aromatic heterocycles. The van der Waals surface area contributed by atoms with Gasteiger partial charge in [-0.3, -0.25) is 4.79 Å². The first-order chi connectivity index (χ1) is 11.3. The van der Waals surface area contributed by atoms with E-state index >= 15 is 0 Å². The van der Waals surface area contributed by atoms with E-state index in [1.54, 1.807) is 0 Å². The van der Waals surface area contributed by atoms with Crippen LogP contribution in [0.5, 0.6) is 0 Å². The van der Waals surface area contributed by atoms with Crippen LogP contribution in [0.2, 0.25) is 0 Å².